The van der Waals surface area contributed by atoms with Crippen LogP contribution < -0.4 is 9.47 Å². The Morgan fingerprint density at radius 2 is 1.53 bits per heavy atom. The highest BCUT2D eigenvalue weighted by atomic mass is 79.9. The fourth-order valence-corrected chi connectivity index (χ4v) is 2.96. The zero-order valence-electron chi connectivity index (χ0n) is 16.7. The molecule has 3 aromatic carbocycles. The molecule has 0 N–H and O–H groups in total. The summed E-state index contributed by atoms with van der Waals surface area (Å²) < 4.78 is 17.2. The van der Waals surface area contributed by atoms with Crippen molar-refractivity contribution >= 4 is 27.7 Å². The number of ether oxygens (including phenoxy) is 3. The van der Waals surface area contributed by atoms with Gasteiger partial charge in [0.05, 0.1) is 12.7 Å². The fraction of sp³-hybridized carbons (Fsp3) is 0.167. The number of esters is 1. The van der Waals surface area contributed by atoms with Gasteiger partial charge in [-0.05, 0) is 42.8 Å². The van der Waals surface area contributed by atoms with Crippen LogP contribution in [0.3, 0.4) is 0 Å². The monoisotopic (exact) mass is 468 g/mol. The zero-order chi connectivity index (χ0) is 21.5. The van der Waals surface area contributed by atoms with Gasteiger partial charge in [0.2, 0.25) is 0 Å². The number of aryl methyl sites for hydroxylation is 1. The van der Waals surface area contributed by atoms with Crippen molar-refractivity contribution < 1.29 is 23.8 Å². The Bertz CT molecular complexity index is 1030. The first-order chi connectivity index (χ1) is 14.5. The fourth-order valence-electron chi connectivity index (χ4n) is 2.69. The maximum absolute atomic E-state index is 12.3. The van der Waals surface area contributed by atoms with Gasteiger partial charge >= 0.3 is 5.97 Å². The first-order valence-electron chi connectivity index (χ1n) is 9.28. The average Bonchev–Trinajstić information content (AvgIpc) is 2.77. The highest BCUT2D eigenvalue weighted by molar-refractivity contribution is 9.10. The molecule has 154 valence electrons. The van der Waals surface area contributed by atoms with E-state index in [0.29, 0.717) is 23.7 Å². The second-order valence-electron chi connectivity index (χ2n) is 6.65. The predicted molar refractivity (Wildman–Crippen MR) is 117 cm³/mol. The number of carbonyl (C=O) groups excluding carboxylic acids is 2. The molecule has 0 aliphatic carbocycles. The smallest absolute Gasteiger partial charge is 0.338 e. The van der Waals surface area contributed by atoms with E-state index in [-0.39, 0.29) is 18.0 Å². The molecule has 30 heavy (non-hydrogen) atoms. The molecule has 3 aromatic rings. The van der Waals surface area contributed by atoms with E-state index in [9.17, 15) is 9.59 Å². The molecule has 0 unspecified atom stereocenters. The minimum Gasteiger partial charge on any atom is -0.493 e. The highest BCUT2D eigenvalue weighted by Crippen LogP contribution is 2.29. The second kappa shape index (κ2) is 10.1. The van der Waals surface area contributed by atoms with Crippen molar-refractivity contribution in [3.05, 3.63) is 93.5 Å². The van der Waals surface area contributed by atoms with Crippen LogP contribution in [-0.4, -0.2) is 25.5 Å². The van der Waals surface area contributed by atoms with Crippen molar-refractivity contribution in [2.45, 2.75) is 13.5 Å². The lowest BCUT2D eigenvalue weighted by Gasteiger charge is -2.12. The van der Waals surface area contributed by atoms with Crippen LogP contribution in [0.4, 0.5) is 0 Å². The highest BCUT2D eigenvalue weighted by Gasteiger charge is 2.15. The molecular formula is C24H21BrO5. The Labute approximate surface area is 183 Å². The van der Waals surface area contributed by atoms with Crippen LogP contribution >= 0.6 is 15.9 Å². The average molecular weight is 469 g/mol. The molecule has 0 amide bonds. The van der Waals surface area contributed by atoms with Gasteiger partial charge in [-0.15, -0.1) is 0 Å². The third-order valence-corrected chi connectivity index (χ3v) is 4.94. The number of carbonyl (C=O) groups is 2. The van der Waals surface area contributed by atoms with E-state index < -0.39 is 5.97 Å². The molecule has 5 nitrogen and oxygen atoms in total. The standard InChI is InChI=1S/C24H21BrO5/c1-16-3-5-17(6-4-16)14-29-22-12-9-19(13-23(22)28-2)24(27)30-15-21(26)18-7-10-20(25)11-8-18/h3-13H,14-15H2,1-2H3. The number of Topliss-reactive ketones (excluding diaryl/α,β-unsaturated/α-hetero) is 1. The van der Waals surface area contributed by atoms with Crippen molar-refractivity contribution in [2.75, 3.05) is 13.7 Å². The molecule has 0 saturated carbocycles. The Kier molecular flexibility index (Phi) is 7.25. The first-order valence-corrected chi connectivity index (χ1v) is 10.1. The normalized spacial score (nSPS) is 10.4. The summed E-state index contributed by atoms with van der Waals surface area (Å²) in [4.78, 5) is 24.5. The van der Waals surface area contributed by atoms with Crippen LogP contribution in [0, 0.1) is 6.92 Å². The summed E-state index contributed by atoms with van der Waals surface area (Å²) in [7, 11) is 1.50. The molecule has 0 bridgehead atoms. The third-order valence-electron chi connectivity index (χ3n) is 4.41. The molecule has 3 rings (SSSR count). The van der Waals surface area contributed by atoms with E-state index in [0.717, 1.165) is 10.0 Å². The van der Waals surface area contributed by atoms with Crippen molar-refractivity contribution in [1.29, 1.82) is 0 Å². The SMILES string of the molecule is COc1cc(C(=O)OCC(=O)c2ccc(Br)cc2)ccc1OCc1ccc(C)cc1. The van der Waals surface area contributed by atoms with E-state index in [1.807, 2.05) is 31.2 Å². The van der Waals surface area contributed by atoms with Gasteiger partial charge in [0.15, 0.2) is 23.9 Å². The van der Waals surface area contributed by atoms with Crippen molar-refractivity contribution in [3.8, 4) is 11.5 Å². The number of halogens is 1. The number of hydrogen-bond acceptors (Lipinski definition) is 5. The van der Waals surface area contributed by atoms with Crippen LogP contribution in [0.1, 0.15) is 31.8 Å². The molecular weight excluding hydrogens is 448 g/mol. The molecule has 0 heterocycles. The van der Waals surface area contributed by atoms with Crippen LogP contribution in [0.15, 0.2) is 71.2 Å². The number of methoxy groups -OCH3 is 1. The predicted octanol–water partition coefficient (Wildman–Crippen LogP) is 5.38. The van der Waals surface area contributed by atoms with Crippen molar-refractivity contribution in [1.82, 2.24) is 0 Å². The van der Waals surface area contributed by atoms with Crippen molar-refractivity contribution in [3.63, 3.8) is 0 Å². The molecule has 0 aliphatic rings. The van der Waals surface area contributed by atoms with E-state index in [1.165, 1.54) is 18.7 Å². The quantitative estimate of drug-likeness (QED) is 0.327. The summed E-state index contributed by atoms with van der Waals surface area (Å²) in [6.07, 6.45) is 0. The molecule has 0 spiro atoms. The summed E-state index contributed by atoms with van der Waals surface area (Å²) in [5, 5.41) is 0. The minimum atomic E-state index is -0.608. The van der Waals surface area contributed by atoms with Crippen LogP contribution in [-0.2, 0) is 11.3 Å². The summed E-state index contributed by atoms with van der Waals surface area (Å²) in [5.41, 5.74) is 2.96. The molecule has 0 radical (unpaired) electrons. The van der Waals surface area contributed by atoms with Crippen LogP contribution in [0.2, 0.25) is 0 Å². The number of ketones is 1. The zero-order valence-corrected chi connectivity index (χ0v) is 18.3. The van der Waals surface area contributed by atoms with Gasteiger partial charge in [-0.25, -0.2) is 4.79 Å². The lowest BCUT2D eigenvalue weighted by molar-refractivity contribution is 0.0474. The van der Waals surface area contributed by atoms with Gasteiger partial charge < -0.3 is 14.2 Å². The summed E-state index contributed by atoms with van der Waals surface area (Å²) in [5.74, 6) is 0.0427. The second-order valence-corrected chi connectivity index (χ2v) is 7.56. The van der Waals surface area contributed by atoms with Gasteiger partial charge in [0, 0.05) is 10.0 Å². The molecule has 0 fully saturated rings. The largest absolute Gasteiger partial charge is 0.493 e. The maximum Gasteiger partial charge on any atom is 0.338 e. The molecule has 0 aliphatic heterocycles. The minimum absolute atomic E-state index is 0.276. The van der Waals surface area contributed by atoms with E-state index in [4.69, 9.17) is 14.2 Å². The van der Waals surface area contributed by atoms with Crippen LogP contribution in [0.5, 0.6) is 11.5 Å². The van der Waals surface area contributed by atoms with Crippen LogP contribution in [0.25, 0.3) is 0 Å². The van der Waals surface area contributed by atoms with Gasteiger partial charge in [0.1, 0.15) is 6.61 Å². The van der Waals surface area contributed by atoms with E-state index >= 15 is 0 Å². The number of hydrogen-bond donors (Lipinski definition) is 0. The Hall–Kier alpha value is -3.12. The third kappa shape index (κ3) is 5.70. The Morgan fingerprint density at radius 3 is 2.20 bits per heavy atom. The number of rotatable bonds is 8. The Balaban J connectivity index is 1.61. The van der Waals surface area contributed by atoms with Gasteiger partial charge in [-0.1, -0.05) is 57.9 Å². The Morgan fingerprint density at radius 1 is 0.867 bits per heavy atom. The maximum atomic E-state index is 12.3. The summed E-state index contributed by atoms with van der Waals surface area (Å²) in [6, 6.07) is 19.7. The topological polar surface area (TPSA) is 61.8 Å². The summed E-state index contributed by atoms with van der Waals surface area (Å²) in [6.45, 7) is 2.06. The lowest BCUT2D eigenvalue weighted by Crippen LogP contribution is -2.14. The molecule has 0 atom stereocenters. The van der Waals surface area contributed by atoms with E-state index in [1.54, 1.807) is 36.4 Å². The van der Waals surface area contributed by atoms with Crippen molar-refractivity contribution in [2.24, 2.45) is 0 Å². The molecule has 0 aromatic heterocycles. The first kappa shape index (κ1) is 21.6. The molecule has 0 saturated heterocycles. The number of benzene rings is 3. The van der Waals surface area contributed by atoms with Gasteiger partial charge in [-0.2, -0.15) is 0 Å². The lowest BCUT2D eigenvalue weighted by atomic mass is 10.1. The van der Waals surface area contributed by atoms with Gasteiger partial charge in [-0.3, -0.25) is 4.79 Å². The van der Waals surface area contributed by atoms with E-state index in [2.05, 4.69) is 15.9 Å². The van der Waals surface area contributed by atoms with Gasteiger partial charge in [0.25, 0.3) is 0 Å². The summed E-state index contributed by atoms with van der Waals surface area (Å²) >= 11 is 3.32. The molecule has 6 heteroatoms.